The zero-order valence-electron chi connectivity index (χ0n) is 14.0. The van der Waals surface area contributed by atoms with Crippen LogP contribution in [0.15, 0.2) is 59.4 Å². The summed E-state index contributed by atoms with van der Waals surface area (Å²) in [6.45, 7) is 1.80. The van der Waals surface area contributed by atoms with E-state index in [2.05, 4.69) is 5.32 Å². The number of nitrogens with two attached hydrogens (primary N) is 1. The van der Waals surface area contributed by atoms with E-state index in [0.29, 0.717) is 33.6 Å². The molecule has 0 aliphatic rings. The van der Waals surface area contributed by atoms with Gasteiger partial charge in [-0.15, -0.1) is 0 Å². The molecule has 0 aliphatic heterocycles. The van der Waals surface area contributed by atoms with Crippen LogP contribution in [0.5, 0.6) is 0 Å². The van der Waals surface area contributed by atoms with E-state index < -0.39 is 0 Å². The molecular weight excluding hydrogens is 328 g/mol. The van der Waals surface area contributed by atoms with Crippen molar-refractivity contribution >= 4 is 23.0 Å². The summed E-state index contributed by atoms with van der Waals surface area (Å²) in [5.74, 6) is -0.329. The first-order valence-electron chi connectivity index (χ1n) is 7.82. The molecule has 3 aromatic rings. The molecule has 6 heteroatoms. The number of carbonyl (C=O) groups excluding carboxylic acids is 1. The highest BCUT2D eigenvalue weighted by atomic mass is 16.3. The van der Waals surface area contributed by atoms with Crippen LogP contribution in [-0.2, 0) is 0 Å². The summed E-state index contributed by atoms with van der Waals surface area (Å²) >= 11 is 0. The second kappa shape index (κ2) is 6.95. The molecule has 2 aromatic carbocycles. The van der Waals surface area contributed by atoms with Crippen molar-refractivity contribution in [3.8, 4) is 6.07 Å². The van der Waals surface area contributed by atoms with Gasteiger partial charge in [-0.1, -0.05) is 6.07 Å². The maximum absolute atomic E-state index is 12.6. The van der Waals surface area contributed by atoms with E-state index in [4.69, 9.17) is 20.8 Å². The number of rotatable bonds is 4. The largest absolute Gasteiger partial charge is 0.472 e. The number of carbonyl (C=O) groups is 1. The predicted molar refractivity (Wildman–Crippen MR) is 99.3 cm³/mol. The second-order valence-electron chi connectivity index (χ2n) is 5.78. The van der Waals surface area contributed by atoms with Gasteiger partial charge in [-0.05, 0) is 48.9 Å². The third-order valence-corrected chi connectivity index (χ3v) is 4.00. The van der Waals surface area contributed by atoms with Crippen LogP contribution in [0.1, 0.15) is 32.6 Å². The molecule has 0 aliphatic carbocycles. The van der Waals surface area contributed by atoms with Crippen LogP contribution < -0.4 is 11.1 Å². The summed E-state index contributed by atoms with van der Waals surface area (Å²) in [4.78, 5) is 12.6. The molecule has 0 bridgehead atoms. The number of hydrogen-bond donors (Lipinski definition) is 3. The van der Waals surface area contributed by atoms with E-state index in [0.717, 1.165) is 5.56 Å². The molecular formula is C20H16N4O2. The van der Waals surface area contributed by atoms with E-state index in [1.165, 1.54) is 12.5 Å². The highest BCUT2D eigenvalue weighted by Gasteiger charge is 2.14. The van der Waals surface area contributed by atoms with Crippen LogP contribution in [0, 0.1) is 23.7 Å². The van der Waals surface area contributed by atoms with Crippen molar-refractivity contribution in [2.75, 3.05) is 11.1 Å². The van der Waals surface area contributed by atoms with Crippen molar-refractivity contribution in [3.63, 3.8) is 0 Å². The Hall–Kier alpha value is -3.85. The van der Waals surface area contributed by atoms with E-state index in [1.54, 1.807) is 49.4 Å². The summed E-state index contributed by atoms with van der Waals surface area (Å²) < 4.78 is 5.01. The monoisotopic (exact) mass is 344 g/mol. The van der Waals surface area contributed by atoms with Gasteiger partial charge in [0.15, 0.2) is 0 Å². The van der Waals surface area contributed by atoms with Crippen molar-refractivity contribution < 1.29 is 9.21 Å². The van der Waals surface area contributed by atoms with Crippen LogP contribution in [0.2, 0.25) is 0 Å². The number of benzene rings is 2. The van der Waals surface area contributed by atoms with Crippen molar-refractivity contribution in [2.24, 2.45) is 0 Å². The molecule has 128 valence electrons. The fraction of sp³-hybridized carbons (Fsp3) is 0.0500. The summed E-state index contributed by atoms with van der Waals surface area (Å²) in [7, 11) is 0. The Bertz CT molecular complexity index is 1030. The fourth-order valence-corrected chi connectivity index (χ4v) is 2.55. The van der Waals surface area contributed by atoms with Gasteiger partial charge in [0.25, 0.3) is 5.91 Å². The molecule has 0 saturated carbocycles. The van der Waals surface area contributed by atoms with Crippen molar-refractivity contribution in [2.45, 2.75) is 6.92 Å². The highest BCUT2D eigenvalue weighted by molar-refractivity contribution is 6.14. The quantitative estimate of drug-likeness (QED) is 0.494. The molecule has 4 N–H and O–H groups in total. The zero-order valence-corrected chi connectivity index (χ0v) is 14.0. The Morgan fingerprint density at radius 2 is 2.00 bits per heavy atom. The number of nitrogens with one attached hydrogen (secondary N) is 2. The van der Waals surface area contributed by atoms with Gasteiger partial charge in [0.1, 0.15) is 0 Å². The predicted octanol–water partition coefficient (Wildman–Crippen LogP) is 3.71. The Balaban J connectivity index is 1.89. The average molecular weight is 344 g/mol. The van der Waals surface area contributed by atoms with Gasteiger partial charge in [-0.3, -0.25) is 10.2 Å². The van der Waals surface area contributed by atoms with E-state index >= 15 is 0 Å². The highest BCUT2D eigenvalue weighted by Crippen LogP contribution is 2.22. The standard InChI is InChI=1S/C20H16N4O2/c1-12-2-3-13(10-21)8-16(12)20(25)24-15-4-5-18(22)17(9-15)19(23)14-6-7-26-11-14/h2-9,11,23H,22H2,1H3,(H,24,25). The van der Waals surface area contributed by atoms with Gasteiger partial charge in [0, 0.05) is 28.1 Å². The van der Waals surface area contributed by atoms with Gasteiger partial charge in [-0.25, -0.2) is 0 Å². The lowest BCUT2D eigenvalue weighted by Gasteiger charge is -2.11. The van der Waals surface area contributed by atoms with Gasteiger partial charge in [0.2, 0.25) is 0 Å². The summed E-state index contributed by atoms with van der Waals surface area (Å²) in [6.07, 6.45) is 2.94. The summed E-state index contributed by atoms with van der Waals surface area (Å²) in [5.41, 5.74) is 9.82. The van der Waals surface area contributed by atoms with Crippen LogP contribution in [0.4, 0.5) is 11.4 Å². The Morgan fingerprint density at radius 1 is 1.19 bits per heavy atom. The van der Waals surface area contributed by atoms with Gasteiger partial charge >= 0.3 is 0 Å². The molecule has 26 heavy (non-hydrogen) atoms. The zero-order chi connectivity index (χ0) is 18.7. The van der Waals surface area contributed by atoms with Crippen LogP contribution in [0.25, 0.3) is 0 Å². The molecule has 0 spiro atoms. The van der Waals surface area contributed by atoms with E-state index in [1.807, 2.05) is 6.07 Å². The average Bonchev–Trinajstić information content (AvgIpc) is 3.17. The molecule has 0 fully saturated rings. The lowest BCUT2D eigenvalue weighted by Crippen LogP contribution is -2.14. The summed E-state index contributed by atoms with van der Waals surface area (Å²) in [6, 6.07) is 13.6. The number of amides is 1. The Morgan fingerprint density at radius 3 is 2.69 bits per heavy atom. The van der Waals surface area contributed by atoms with Crippen LogP contribution in [0.3, 0.4) is 0 Å². The minimum atomic E-state index is -0.329. The SMILES string of the molecule is Cc1ccc(C#N)cc1C(=O)Nc1ccc(N)c(C(=N)c2ccoc2)c1. The van der Waals surface area contributed by atoms with E-state index in [-0.39, 0.29) is 11.6 Å². The van der Waals surface area contributed by atoms with Crippen LogP contribution in [-0.4, -0.2) is 11.6 Å². The summed E-state index contributed by atoms with van der Waals surface area (Å²) in [5, 5.41) is 20.1. The molecule has 1 aromatic heterocycles. The third-order valence-electron chi connectivity index (χ3n) is 4.00. The third kappa shape index (κ3) is 3.32. The number of hydrogen-bond acceptors (Lipinski definition) is 5. The first-order chi connectivity index (χ1) is 12.5. The Labute approximate surface area is 150 Å². The maximum Gasteiger partial charge on any atom is 0.255 e. The molecule has 0 radical (unpaired) electrons. The van der Waals surface area contributed by atoms with Gasteiger partial charge in [-0.2, -0.15) is 5.26 Å². The number of aryl methyl sites for hydroxylation is 1. The molecule has 0 unspecified atom stereocenters. The first kappa shape index (κ1) is 17.0. The minimum Gasteiger partial charge on any atom is -0.472 e. The number of nitrogens with zero attached hydrogens (tertiary/aromatic N) is 1. The number of nitriles is 1. The van der Waals surface area contributed by atoms with Crippen molar-refractivity contribution in [1.82, 2.24) is 0 Å². The number of furan rings is 1. The fourth-order valence-electron chi connectivity index (χ4n) is 2.55. The maximum atomic E-state index is 12.6. The lowest BCUT2D eigenvalue weighted by atomic mass is 10.0. The van der Waals surface area contributed by atoms with Gasteiger partial charge < -0.3 is 15.5 Å². The first-order valence-corrected chi connectivity index (χ1v) is 7.82. The Kier molecular flexibility index (Phi) is 4.54. The number of nitrogen functional groups attached to an aromatic ring is 1. The normalized spacial score (nSPS) is 10.2. The second-order valence-corrected chi connectivity index (χ2v) is 5.78. The lowest BCUT2D eigenvalue weighted by molar-refractivity contribution is 0.102. The molecule has 0 atom stereocenters. The number of anilines is 2. The topological polar surface area (TPSA) is 116 Å². The molecule has 6 nitrogen and oxygen atoms in total. The molecule has 1 amide bonds. The molecule has 1 heterocycles. The van der Waals surface area contributed by atoms with Crippen LogP contribution >= 0.6 is 0 Å². The van der Waals surface area contributed by atoms with E-state index in [9.17, 15) is 4.79 Å². The molecule has 0 saturated heterocycles. The minimum absolute atomic E-state index is 0.204. The van der Waals surface area contributed by atoms with Gasteiger partial charge in [0.05, 0.1) is 29.9 Å². The molecule has 3 rings (SSSR count). The van der Waals surface area contributed by atoms with Crippen molar-refractivity contribution in [1.29, 1.82) is 10.7 Å². The smallest absolute Gasteiger partial charge is 0.255 e. The van der Waals surface area contributed by atoms with Crippen molar-refractivity contribution in [3.05, 3.63) is 82.8 Å².